The first kappa shape index (κ1) is 7.79. The Balaban J connectivity index is 2.81. The molecule has 0 aromatic carbocycles. The summed E-state index contributed by atoms with van der Waals surface area (Å²) in [6.45, 7) is 3.85. The minimum Gasteiger partial charge on any atom is -0.303 e. The Hall–Kier alpha value is -1.31. The van der Waals surface area contributed by atoms with Crippen LogP contribution in [-0.2, 0) is 0 Å². The highest BCUT2D eigenvalue weighted by Crippen LogP contribution is 2.05. The van der Waals surface area contributed by atoms with Crippen LogP contribution >= 0.6 is 0 Å². The van der Waals surface area contributed by atoms with Crippen molar-refractivity contribution in [2.24, 2.45) is 5.10 Å². The molecular formula is C9H12N2. The van der Waals surface area contributed by atoms with Gasteiger partial charge in [-0.15, -0.1) is 0 Å². The van der Waals surface area contributed by atoms with E-state index in [-0.39, 0.29) is 0 Å². The molecule has 1 aliphatic rings. The minimum absolute atomic E-state index is 0.928. The lowest BCUT2D eigenvalue weighted by atomic mass is 10.1. The van der Waals surface area contributed by atoms with Crippen LogP contribution in [0.15, 0.2) is 41.6 Å². The quantitative estimate of drug-likeness (QED) is 0.515. The largest absolute Gasteiger partial charge is 0.303 e. The van der Waals surface area contributed by atoms with Crippen LogP contribution in [0.5, 0.6) is 0 Å². The summed E-state index contributed by atoms with van der Waals surface area (Å²) >= 11 is 0. The Bertz CT molecular complexity index is 244. The number of nitrogens with zero attached hydrogens (tertiary/aromatic N) is 2. The van der Waals surface area contributed by atoms with Gasteiger partial charge in [0.15, 0.2) is 0 Å². The number of rotatable bonds is 1. The molecule has 0 atom stereocenters. The number of hydrogen-bond donors (Lipinski definition) is 0. The zero-order chi connectivity index (χ0) is 8.27. The van der Waals surface area contributed by atoms with Crippen molar-refractivity contribution in [2.75, 3.05) is 14.1 Å². The Morgan fingerprint density at radius 2 is 1.91 bits per heavy atom. The Morgan fingerprint density at radius 1 is 1.27 bits per heavy atom. The van der Waals surface area contributed by atoms with Crippen LogP contribution in [0.3, 0.4) is 0 Å². The van der Waals surface area contributed by atoms with Gasteiger partial charge in [0.05, 0.1) is 5.71 Å². The van der Waals surface area contributed by atoms with Crippen LogP contribution in [0.25, 0.3) is 0 Å². The first-order chi connectivity index (χ1) is 5.20. The molecule has 0 amide bonds. The summed E-state index contributed by atoms with van der Waals surface area (Å²) < 4.78 is 0. The molecule has 2 heteroatoms. The summed E-state index contributed by atoms with van der Waals surface area (Å²) in [6, 6.07) is 0. The van der Waals surface area contributed by atoms with Crippen molar-refractivity contribution in [1.29, 1.82) is 0 Å². The lowest BCUT2D eigenvalue weighted by Gasteiger charge is -2.09. The summed E-state index contributed by atoms with van der Waals surface area (Å²) in [5.41, 5.74) is 1.89. The predicted octanol–water partition coefficient (Wildman–Crippen LogP) is 1.59. The maximum Gasteiger partial charge on any atom is 0.0897 e. The van der Waals surface area contributed by atoms with Crippen LogP contribution in [0.2, 0.25) is 0 Å². The van der Waals surface area contributed by atoms with Gasteiger partial charge in [0.2, 0.25) is 0 Å². The second kappa shape index (κ2) is 3.19. The zero-order valence-corrected chi connectivity index (χ0v) is 6.91. The van der Waals surface area contributed by atoms with Crippen molar-refractivity contribution >= 4 is 5.71 Å². The van der Waals surface area contributed by atoms with Crippen molar-refractivity contribution in [3.05, 3.63) is 36.5 Å². The molecule has 0 aliphatic heterocycles. The van der Waals surface area contributed by atoms with Crippen molar-refractivity contribution in [2.45, 2.75) is 0 Å². The molecule has 0 saturated carbocycles. The van der Waals surface area contributed by atoms with Crippen molar-refractivity contribution in [3.8, 4) is 0 Å². The number of hydrogen-bond acceptors (Lipinski definition) is 2. The normalized spacial score (nSPS) is 19.5. The predicted molar refractivity (Wildman–Crippen MR) is 48.5 cm³/mol. The fraction of sp³-hybridized carbons (Fsp3) is 0.222. The van der Waals surface area contributed by atoms with Gasteiger partial charge in [0, 0.05) is 14.1 Å². The first-order valence-electron chi connectivity index (χ1n) is 3.50. The van der Waals surface area contributed by atoms with E-state index in [1.807, 2.05) is 38.4 Å². The van der Waals surface area contributed by atoms with E-state index in [0.717, 1.165) is 11.3 Å². The van der Waals surface area contributed by atoms with Crippen LogP contribution in [0.1, 0.15) is 0 Å². The Morgan fingerprint density at radius 3 is 2.45 bits per heavy atom. The van der Waals surface area contributed by atoms with E-state index >= 15 is 0 Å². The highest BCUT2D eigenvalue weighted by molar-refractivity contribution is 6.10. The fourth-order valence-corrected chi connectivity index (χ4v) is 0.824. The van der Waals surface area contributed by atoms with Crippen LogP contribution in [0, 0.1) is 0 Å². The summed E-state index contributed by atoms with van der Waals surface area (Å²) in [5.74, 6) is 0. The SMILES string of the molecule is C=C1C=CC=C/C1=N/N(C)C. The van der Waals surface area contributed by atoms with Gasteiger partial charge < -0.3 is 5.01 Å². The average Bonchev–Trinajstić information content (AvgIpc) is 1.93. The van der Waals surface area contributed by atoms with Gasteiger partial charge in [0.1, 0.15) is 0 Å². The van der Waals surface area contributed by atoms with E-state index < -0.39 is 0 Å². The monoisotopic (exact) mass is 148 g/mol. The van der Waals surface area contributed by atoms with Gasteiger partial charge in [-0.25, -0.2) is 0 Å². The van der Waals surface area contributed by atoms with E-state index in [9.17, 15) is 0 Å². The van der Waals surface area contributed by atoms with Crippen molar-refractivity contribution in [3.63, 3.8) is 0 Å². The zero-order valence-electron chi connectivity index (χ0n) is 6.91. The summed E-state index contributed by atoms with van der Waals surface area (Å²) in [5, 5.41) is 6.00. The molecule has 0 spiro atoms. The van der Waals surface area contributed by atoms with Gasteiger partial charge in [-0.05, 0) is 11.6 Å². The molecule has 0 bridgehead atoms. The lowest BCUT2D eigenvalue weighted by Crippen LogP contribution is -2.08. The fourth-order valence-electron chi connectivity index (χ4n) is 0.824. The number of hydrazone groups is 1. The second-order valence-corrected chi connectivity index (χ2v) is 2.58. The maximum absolute atomic E-state index is 4.23. The van der Waals surface area contributed by atoms with Crippen LogP contribution < -0.4 is 0 Å². The van der Waals surface area contributed by atoms with E-state index in [2.05, 4.69) is 11.7 Å². The maximum atomic E-state index is 4.23. The molecule has 0 aromatic heterocycles. The minimum atomic E-state index is 0.928. The topological polar surface area (TPSA) is 15.6 Å². The molecule has 0 saturated heterocycles. The molecule has 0 radical (unpaired) electrons. The van der Waals surface area contributed by atoms with Crippen LogP contribution in [-0.4, -0.2) is 24.8 Å². The Kier molecular flexibility index (Phi) is 2.26. The van der Waals surface area contributed by atoms with Crippen molar-refractivity contribution in [1.82, 2.24) is 5.01 Å². The molecule has 2 nitrogen and oxygen atoms in total. The molecule has 0 N–H and O–H groups in total. The molecule has 58 valence electrons. The van der Waals surface area contributed by atoms with E-state index in [0.29, 0.717) is 0 Å². The van der Waals surface area contributed by atoms with Gasteiger partial charge >= 0.3 is 0 Å². The molecule has 11 heavy (non-hydrogen) atoms. The van der Waals surface area contributed by atoms with Gasteiger partial charge in [-0.3, -0.25) is 0 Å². The van der Waals surface area contributed by atoms with Gasteiger partial charge in [0.25, 0.3) is 0 Å². The smallest absolute Gasteiger partial charge is 0.0897 e. The first-order valence-corrected chi connectivity index (χ1v) is 3.50. The van der Waals surface area contributed by atoms with E-state index in [4.69, 9.17) is 0 Å². The van der Waals surface area contributed by atoms with E-state index in [1.165, 1.54) is 0 Å². The molecule has 0 heterocycles. The van der Waals surface area contributed by atoms with Crippen LogP contribution in [0.4, 0.5) is 0 Å². The third-order valence-electron chi connectivity index (χ3n) is 1.30. The Labute approximate surface area is 67.2 Å². The van der Waals surface area contributed by atoms with E-state index in [1.54, 1.807) is 5.01 Å². The summed E-state index contributed by atoms with van der Waals surface area (Å²) in [6.07, 6.45) is 7.80. The van der Waals surface area contributed by atoms with Gasteiger partial charge in [-0.2, -0.15) is 5.10 Å². The van der Waals surface area contributed by atoms with Gasteiger partial charge in [-0.1, -0.05) is 24.8 Å². The lowest BCUT2D eigenvalue weighted by molar-refractivity contribution is 0.438. The standard InChI is InChI=1S/C9H12N2/c1-8-6-4-5-7-9(8)10-11(2)3/h4-7H,1H2,2-3H3/b10-9-. The molecule has 0 aromatic rings. The molecular weight excluding hydrogens is 136 g/mol. The third kappa shape index (κ3) is 2.08. The summed E-state index contributed by atoms with van der Waals surface area (Å²) in [7, 11) is 3.79. The van der Waals surface area contributed by atoms with Crippen molar-refractivity contribution < 1.29 is 0 Å². The second-order valence-electron chi connectivity index (χ2n) is 2.58. The average molecular weight is 148 g/mol. The molecule has 1 rings (SSSR count). The summed E-state index contributed by atoms with van der Waals surface area (Å²) in [4.78, 5) is 0. The number of allylic oxidation sites excluding steroid dienone is 5. The molecule has 0 fully saturated rings. The molecule has 0 unspecified atom stereocenters. The third-order valence-corrected chi connectivity index (χ3v) is 1.30. The highest BCUT2D eigenvalue weighted by atomic mass is 15.4. The molecule has 1 aliphatic carbocycles. The highest BCUT2D eigenvalue weighted by Gasteiger charge is 2.00.